The van der Waals surface area contributed by atoms with Crippen molar-refractivity contribution < 1.29 is 18.7 Å². The average molecular weight is 454 g/mol. The van der Waals surface area contributed by atoms with E-state index >= 15 is 0 Å². The molecule has 168 valence electrons. The first-order valence-corrected chi connectivity index (χ1v) is 11.6. The maximum absolute atomic E-state index is 13.0. The lowest BCUT2D eigenvalue weighted by Crippen LogP contribution is -2.28. The third kappa shape index (κ3) is 3.97. The molecule has 1 atom stereocenters. The highest BCUT2D eigenvalue weighted by Crippen LogP contribution is 2.45. The minimum atomic E-state index is -0.716. The van der Waals surface area contributed by atoms with Crippen LogP contribution in [0.5, 0.6) is 0 Å². The molecule has 6 nitrogen and oxygen atoms in total. The Balaban J connectivity index is 1.70. The molecule has 3 aromatic rings. The van der Waals surface area contributed by atoms with Crippen molar-refractivity contribution >= 4 is 39.2 Å². The zero-order chi connectivity index (χ0) is 23.0. The Labute approximate surface area is 190 Å². The molecule has 1 amide bonds. The zero-order valence-corrected chi connectivity index (χ0v) is 19.6. The van der Waals surface area contributed by atoms with Gasteiger partial charge in [0.05, 0.1) is 12.7 Å². The highest BCUT2D eigenvalue weighted by atomic mass is 32.1. The van der Waals surface area contributed by atoms with Crippen LogP contribution in [0.1, 0.15) is 64.8 Å². The monoisotopic (exact) mass is 453 g/mol. The number of nitrogens with one attached hydrogen (secondary N) is 1. The Morgan fingerprint density at radius 1 is 1.28 bits per heavy atom. The maximum Gasteiger partial charge on any atom is 0.349 e. The van der Waals surface area contributed by atoms with Gasteiger partial charge in [0.2, 0.25) is 0 Å². The number of esters is 1. The number of hydrogen-bond acceptors (Lipinski definition) is 6. The molecule has 0 radical (unpaired) electrons. The summed E-state index contributed by atoms with van der Waals surface area (Å²) in [6, 6.07) is 8.53. The summed E-state index contributed by atoms with van der Waals surface area (Å²) < 4.78 is 10.3. The van der Waals surface area contributed by atoms with Gasteiger partial charge in [-0.2, -0.15) is 0 Å². The van der Waals surface area contributed by atoms with E-state index in [-0.39, 0.29) is 11.0 Å². The number of rotatable bonds is 5. The van der Waals surface area contributed by atoms with Crippen molar-refractivity contribution in [2.45, 2.75) is 46.5 Å². The normalized spacial score (nSPS) is 15.9. The predicted octanol–water partition coefficient (Wildman–Crippen LogP) is 5.43. The fourth-order valence-corrected chi connectivity index (χ4v) is 5.65. The van der Waals surface area contributed by atoms with Crippen molar-refractivity contribution in [1.82, 2.24) is 0 Å². The lowest BCUT2D eigenvalue weighted by molar-refractivity contribution is 0.0600. The molecule has 1 unspecified atom stereocenters. The number of carbonyl (C=O) groups excluding carboxylic acids is 2. The first-order valence-electron chi connectivity index (χ1n) is 10.8. The van der Waals surface area contributed by atoms with E-state index in [4.69, 9.17) is 9.15 Å². The van der Waals surface area contributed by atoms with Gasteiger partial charge in [-0.05, 0) is 48.3 Å². The van der Waals surface area contributed by atoms with Crippen LogP contribution in [0.4, 0.5) is 5.00 Å². The molecule has 1 aliphatic carbocycles. The van der Waals surface area contributed by atoms with Crippen molar-refractivity contribution in [1.29, 1.82) is 0 Å². The third-order valence-corrected chi connectivity index (χ3v) is 7.95. The van der Waals surface area contributed by atoms with Crippen LogP contribution in [0, 0.1) is 11.3 Å². The first-order chi connectivity index (χ1) is 15.2. The van der Waals surface area contributed by atoms with Gasteiger partial charge in [-0.1, -0.05) is 45.4 Å². The second-order valence-electron chi connectivity index (χ2n) is 8.92. The highest BCUT2D eigenvalue weighted by molar-refractivity contribution is 7.17. The fraction of sp³-hybridized carbons (Fsp3) is 0.400. The molecule has 0 saturated carbocycles. The summed E-state index contributed by atoms with van der Waals surface area (Å²) in [5.41, 5.74) is 1.15. The van der Waals surface area contributed by atoms with Gasteiger partial charge in [0, 0.05) is 10.3 Å². The standard InChI is InChI=1S/C25H27NO5S/c1-5-25(2,3)15-10-11-16-19(13-15)32-22(20(16)24(29)30-4)26-21(27)17-12-14-8-6-7-9-18(14)31-23(17)28/h6-9,12,15H,5,10-11,13H2,1-4H3,(H,26,27). The quantitative estimate of drug-likeness (QED) is 0.411. The van der Waals surface area contributed by atoms with Gasteiger partial charge in [0.15, 0.2) is 0 Å². The molecule has 2 heterocycles. The SMILES string of the molecule is CCC(C)(C)C1CCc2c(sc(NC(=O)c3cc4ccccc4oc3=O)c2C(=O)OC)C1. The number of ether oxygens (including phenoxy) is 1. The number of fused-ring (bicyclic) bond motifs is 2. The van der Waals surface area contributed by atoms with Crippen molar-refractivity contribution in [3.05, 3.63) is 62.3 Å². The molecular formula is C25H27NO5S. The highest BCUT2D eigenvalue weighted by Gasteiger charge is 2.35. The predicted molar refractivity (Wildman–Crippen MR) is 126 cm³/mol. The van der Waals surface area contributed by atoms with Gasteiger partial charge in [-0.15, -0.1) is 11.3 Å². The van der Waals surface area contributed by atoms with Crippen LogP contribution >= 0.6 is 11.3 Å². The lowest BCUT2D eigenvalue weighted by Gasteiger charge is -2.36. The Bertz CT molecular complexity index is 1250. The second-order valence-corrected chi connectivity index (χ2v) is 10.0. The maximum atomic E-state index is 13.0. The summed E-state index contributed by atoms with van der Waals surface area (Å²) in [4.78, 5) is 39.1. The lowest BCUT2D eigenvalue weighted by atomic mass is 9.69. The molecule has 0 aliphatic heterocycles. The Morgan fingerprint density at radius 2 is 2.03 bits per heavy atom. The molecule has 0 fully saturated rings. The molecule has 2 aromatic heterocycles. The molecule has 0 saturated heterocycles. The number of methoxy groups -OCH3 is 1. The summed E-state index contributed by atoms with van der Waals surface area (Å²) in [6.07, 6.45) is 3.68. The van der Waals surface area contributed by atoms with Gasteiger partial charge in [0.25, 0.3) is 5.91 Å². The van der Waals surface area contributed by atoms with Gasteiger partial charge in [-0.25, -0.2) is 9.59 Å². The van der Waals surface area contributed by atoms with Crippen molar-refractivity contribution in [2.24, 2.45) is 11.3 Å². The van der Waals surface area contributed by atoms with Gasteiger partial charge in [0.1, 0.15) is 16.1 Å². The topological polar surface area (TPSA) is 85.6 Å². The summed E-state index contributed by atoms with van der Waals surface area (Å²) in [6.45, 7) is 6.75. The molecule has 0 bridgehead atoms. The fourth-order valence-electron chi connectivity index (χ4n) is 4.34. The number of para-hydroxylation sites is 1. The smallest absolute Gasteiger partial charge is 0.349 e. The number of hydrogen-bond donors (Lipinski definition) is 1. The molecule has 7 heteroatoms. The van der Waals surface area contributed by atoms with Gasteiger partial charge in [-0.3, -0.25) is 4.79 Å². The largest absolute Gasteiger partial charge is 0.465 e. The summed E-state index contributed by atoms with van der Waals surface area (Å²) in [7, 11) is 1.34. The van der Waals surface area contributed by atoms with Crippen molar-refractivity contribution in [3.8, 4) is 0 Å². The summed E-state index contributed by atoms with van der Waals surface area (Å²) >= 11 is 1.40. The van der Waals surface area contributed by atoms with E-state index in [1.54, 1.807) is 24.3 Å². The van der Waals surface area contributed by atoms with Crippen LogP contribution in [0.2, 0.25) is 0 Å². The van der Waals surface area contributed by atoms with E-state index in [0.29, 0.717) is 27.5 Å². The number of carbonyl (C=O) groups is 2. The molecular weight excluding hydrogens is 426 g/mol. The van der Waals surface area contributed by atoms with E-state index in [1.165, 1.54) is 24.5 Å². The van der Waals surface area contributed by atoms with E-state index in [0.717, 1.165) is 36.1 Å². The van der Waals surface area contributed by atoms with Gasteiger partial charge < -0.3 is 14.5 Å². The molecule has 1 N–H and O–H groups in total. The Hall–Kier alpha value is -2.93. The molecule has 1 aromatic carbocycles. The number of thiophene rings is 1. The second kappa shape index (κ2) is 8.54. The Kier molecular flexibility index (Phi) is 5.95. The summed E-state index contributed by atoms with van der Waals surface area (Å²) in [5, 5.41) is 3.87. The van der Waals surface area contributed by atoms with Crippen LogP contribution in [-0.2, 0) is 17.6 Å². The van der Waals surface area contributed by atoms with Crippen LogP contribution in [0.25, 0.3) is 11.0 Å². The van der Waals surface area contributed by atoms with E-state index in [9.17, 15) is 14.4 Å². The molecule has 32 heavy (non-hydrogen) atoms. The van der Waals surface area contributed by atoms with Crippen LogP contribution in [0.15, 0.2) is 39.5 Å². The minimum absolute atomic E-state index is 0.101. The molecule has 4 rings (SSSR count). The van der Waals surface area contributed by atoms with Crippen LogP contribution < -0.4 is 10.9 Å². The van der Waals surface area contributed by atoms with E-state index in [1.807, 2.05) is 0 Å². The van der Waals surface area contributed by atoms with E-state index < -0.39 is 17.5 Å². The number of anilines is 1. The van der Waals surface area contributed by atoms with Crippen LogP contribution in [0.3, 0.4) is 0 Å². The summed E-state index contributed by atoms with van der Waals surface area (Å²) in [5.74, 6) is -0.574. The molecule has 0 spiro atoms. The number of benzene rings is 1. The van der Waals surface area contributed by atoms with Crippen molar-refractivity contribution in [2.75, 3.05) is 12.4 Å². The van der Waals surface area contributed by atoms with E-state index in [2.05, 4.69) is 26.1 Å². The number of amides is 1. The first kappa shape index (κ1) is 22.3. The third-order valence-electron chi connectivity index (χ3n) is 6.78. The zero-order valence-electron chi connectivity index (χ0n) is 18.7. The van der Waals surface area contributed by atoms with Gasteiger partial charge >= 0.3 is 11.6 Å². The molecule has 1 aliphatic rings. The van der Waals surface area contributed by atoms with Crippen molar-refractivity contribution in [3.63, 3.8) is 0 Å². The average Bonchev–Trinajstić information content (AvgIpc) is 3.14. The van der Waals surface area contributed by atoms with Crippen LogP contribution in [-0.4, -0.2) is 19.0 Å². The Morgan fingerprint density at radius 3 is 2.75 bits per heavy atom. The minimum Gasteiger partial charge on any atom is -0.465 e.